The molecule has 0 fully saturated rings. The molecule has 1 aromatic heterocycles. The molecular weight excluding hydrogens is 251 g/mol. The summed E-state index contributed by atoms with van der Waals surface area (Å²) in [7, 11) is 0. The summed E-state index contributed by atoms with van der Waals surface area (Å²) in [5.74, 6) is 4.31. The Labute approximate surface area is 101 Å². The first kappa shape index (κ1) is 14.4. The van der Waals surface area contributed by atoms with Gasteiger partial charge in [-0.05, 0) is 19.1 Å². The maximum atomic E-state index is 12.2. The monoisotopic (exact) mass is 263 g/mol. The number of alkyl halides is 3. The number of hydrogen-bond acceptors (Lipinski definition) is 4. The van der Waals surface area contributed by atoms with Crippen LogP contribution in [0.2, 0.25) is 0 Å². The van der Waals surface area contributed by atoms with E-state index in [1.807, 2.05) is 5.43 Å². The Morgan fingerprint density at radius 3 is 2.83 bits per heavy atom. The molecule has 5 nitrogen and oxygen atoms in total. The van der Waals surface area contributed by atoms with Crippen LogP contribution in [-0.4, -0.2) is 23.2 Å². The third kappa shape index (κ3) is 3.67. The lowest BCUT2D eigenvalue weighted by Gasteiger charge is -2.16. The van der Waals surface area contributed by atoms with Gasteiger partial charge in [-0.25, -0.2) is 5.84 Å². The smallest absolute Gasteiger partial charge is 0.363 e. The van der Waals surface area contributed by atoms with E-state index in [0.29, 0.717) is 0 Å². The lowest BCUT2D eigenvalue weighted by molar-refractivity contribution is -0.217. The van der Waals surface area contributed by atoms with E-state index >= 15 is 0 Å². The number of rotatable bonds is 4. The highest BCUT2D eigenvalue weighted by Crippen LogP contribution is 2.23. The van der Waals surface area contributed by atoms with Gasteiger partial charge in [-0.15, -0.1) is 0 Å². The second-order valence-corrected chi connectivity index (χ2v) is 3.47. The van der Waals surface area contributed by atoms with E-state index in [1.54, 1.807) is 0 Å². The fourth-order valence-corrected chi connectivity index (χ4v) is 1.14. The van der Waals surface area contributed by atoms with Crippen molar-refractivity contribution >= 4 is 5.91 Å². The third-order valence-corrected chi connectivity index (χ3v) is 2.20. The Balaban J connectivity index is 2.76. The first-order chi connectivity index (χ1) is 8.36. The molecule has 0 saturated heterocycles. The summed E-state index contributed by atoms with van der Waals surface area (Å²) < 4.78 is 41.3. The lowest BCUT2D eigenvalue weighted by Crippen LogP contribution is -2.32. The molecule has 1 amide bonds. The highest BCUT2D eigenvalue weighted by atomic mass is 19.4. The number of nitrogens with two attached hydrogens (primary N) is 1. The summed E-state index contributed by atoms with van der Waals surface area (Å²) in [6, 6.07) is 2.87. The molecule has 1 heterocycles. The van der Waals surface area contributed by atoms with Crippen LogP contribution in [0.4, 0.5) is 13.2 Å². The standard InChI is InChI=1S/C10H12F3N3O2/c1-6(10(11,12)13)18-5-8-7(9(17)16-14)3-2-4-15-8/h2-4,6H,5,14H2,1H3,(H,16,17). The normalized spacial score (nSPS) is 13.2. The van der Waals surface area contributed by atoms with Crippen LogP contribution in [0.5, 0.6) is 0 Å². The number of nitrogen functional groups attached to an aromatic ring is 1. The van der Waals surface area contributed by atoms with Crippen molar-refractivity contribution in [3.05, 3.63) is 29.6 Å². The minimum atomic E-state index is -4.45. The van der Waals surface area contributed by atoms with Gasteiger partial charge in [0.2, 0.25) is 0 Å². The van der Waals surface area contributed by atoms with Gasteiger partial charge in [0.15, 0.2) is 6.10 Å². The van der Waals surface area contributed by atoms with Crippen molar-refractivity contribution < 1.29 is 22.7 Å². The van der Waals surface area contributed by atoms with E-state index in [-0.39, 0.29) is 11.3 Å². The first-order valence-corrected chi connectivity index (χ1v) is 4.99. The number of carbonyl (C=O) groups is 1. The van der Waals surface area contributed by atoms with Crippen LogP contribution < -0.4 is 11.3 Å². The van der Waals surface area contributed by atoms with Gasteiger partial charge in [0, 0.05) is 6.20 Å². The number of hydrazine groups is 1. The van der Waals surface area contributed by atoms with Gasteiger partial charge in [0.25, 0.3) is 5.91 Å². The van der Waals surface area contributed by atoms with Gasteiger partial charge in [-0.1, -0.05) is 0 Å². The van der Waals surface area contributed by atoms with E-state index < -0.39 is 24.8 Å². The number of carbonyl (C=O) groups excluding carboxylic acids is 1. The molecule has 0 spiro atoms. The fraction of sp³-hybridized carbons (Fsp3) is 0.400. The zero-order valence-corrected chi connectivity index (χ0v) is 9.49. The molecule has 100 valence electrons. The number of nitrogens with zero attached hydrogens (tertiary/aromatic N) is 1. The molecule has 3 N–H and O–H groups in total. The van der Waals surface area contributed by atoms with E-state index in [9.17, 15) is 18.0 Å². The number of nitrogens with one attached hydrogen (secondary N) is 1. The van der Waals surface area contributed by atoms with Crippen molar-refractivity contribution in [2.45, 2.75) is 25.8 Å². The van der Waals surface area contributed by atoms with Crippen molar-refractivity contribution in [3.63, 3.8) is 0 Å². The molecule has 18 heavy (non-hydrogen) atoms. The summed E-state index contributed by atoms with van der Waals surface area (Å²) in [5, 5.41) is 0. The van der Waals surface area contributed by atoms with Gasteiger partial charge in [0.1, 0.15) is 0 Å². The molecular formula is C10H12F3N3O2. The van der Waals surface area contributed by atoms with Crippen LogP contribution in [0.1, 0.15) is 23.0 Å². The minimum Gasteiger partial charge on any atom is -0.363 e. The average molecular weight is 263 g/mol. The average Bonchev–Trinajstić information content (AvgIpc) is 2.34. The zero-order chi connectivity index (χ0) is 13.8. The van der Waals surface area contributed by atoms with Crippen LogP contribution in [0, 0.1) is 0 Å². The first-order valence-electron chi connectivity index (χ1n) is 4.99. The molecule has 0 radical (unpaired) electrons. The number of ether oxygens (including phenoxy) is 1. The third-order valence-electron chi connectivity index (χ3n) is 2.20. The van der Waals surface area contributed by atoms with Gasteiger partial charge in [0.05, 0.1) is 17.9 Å². The molecule has 0 aliphatic rings. The van der Waals surface area contributed by atoms with E-state index in [2.05, 4.69) is 9.72 Å². The van der Waals surface area contributed by atoms with Crippen LogP contribution >= 0.6 is 0 Å². The van der Waals surface area contributed by atoms with Crippen LogP contribution in [0.15, 0.2) is 18.3 Å². The van der Waals surface area contributed by atoms with Crippen molar-refractivity contribution in [1.82, 2.24) is 10.4 Å². The minimum absolute atomic E-state index is 0.0781. The second kappa shape index (κ2) is 5.78. The van der Waals surface area contributed by atoms with Crippen molar-refractivity contribution in [3.8, 4) is 0 Å². The zero-order valence-electron chi connectivity index (χ0n) is 9.49. The molecule has 0 aliphatic carbocycles. The predicted octanol–water partition coefficient (Wildman–Crippen LogP) is 1.15. The maximum Gasteiger partial charge on any atom is 0.414 e. The number of pyridine rings is 1. The fourth-order valence-electron chi connectivity index (χ4n) is 1.14. The summed E-state index contributed by atoms with van der Waals surface area (Å²) >= 11 is 0. The predicted molar refractivity (Wildman–Crippen MR) is 56.2 cm³/mol. The Kier molecular flexibility index (Phi) is 4.62. The number of hydrogen-bond donors (Lipinski definition) is 2. The van der Waals surface area contributed by atoms with Crippen molar-refractivity contribution in [2.24, 2.45) is 5.84 Å². The van der Waals surface area contributed by atoms with E-state index in [4.69, 9.17) is 5.84 Å². The Hall–Kier alpha value is -1.67. The quantitative estimate of drug-likeness (QED) is 0.485. The summed E-state index contributed by atoms with van der Waals surface area (Å²) in [5.41, 5.74) is 2.05. The lowest BCUT2D eigenvalue weighted by atomic mass is 10.2. The van der Waals surface area contributed by atoms with E-state index in [0.717, 1.165) is 6.92 Å². The number of aromatic nitrogens is 1. The van der Waals surface area contributed by atoms with Gasteiger partial charge >= 0.3 is 6.18 Å². The number of amides is 1. The summed E-state index contributed by atoms with van der Waals surface area (Å²) in [6.07, 6.45) is -5.04. The van der Waals surface area contributed by atoms with Crippen LogP contribution in [0.3, 0.4) is 0 Å². The Bertz CT molecular complexity index is 423. The molecule has 1 rings (SSSR count). The highest BCUT2D eigenvalue weighted by molar-refractivity contribution is 5.94. The second-order valence-electron chi connectivity index (χ2n) is 3.47. The van der Waals surface area contributed by atoms with Crippen LogP contribution in [-0.2, 0) is 11.3 Å². The molecule has 0 aromatic carbocycles. The largest absolute Gasteiger partial charge is 0.414 e. The van der Waals surface area contributed by atoms with Gasteiger partial charge < -0.3 is 4.74 Å². The molecule has 1 unspecified atom stereocenters. The molecule has 1 atom stereocenters. The molecule has 0 bridgehead atoms. The molecule has 0 aliphatic heterocycles. The summed E-state index contributed by atoms with van der Waals surface area (Å²) in [6.45, 7) is 0.454. The van der Waals surface area contributed by atoms with Gasteiger partial charge in [-0.2, -0.15) is 13.2 Å². The Morgan fingerprint density at radius 1 is 1.61 bits per heavy atom. The summed E-state index contributed by atoms with van der Waals surface area (Å²) in [4.78, 5) is 15.1. The van der Waals surface area contributed by atoms with E-state index in [1.165, 1.54) is 18.3 Å². The maximum absolute atomic E-state index is 12.2. The molecule has 0 saturated carbocycles. The molecule has 1 aromatic rings. The van der Waals surface area contributed by atoms with Crippen LogP contribution in [0.25, 0.3) is 0 Å². The van der Waals surface area contributed by atoms with Crippen molar-refractivity contribution in [1.29, 1.82) is 0 Å². The Morgan fingerprint density at radius 2 is 2.28 bits per heavy atom. The topological polar surface area (TPSA) is 77.2 Å². The number of halogens is 3. The SMILES string of the molecule is CC(OCc1ncccc1C(=O)NN)C(F)(F)F. The van der Waals surface area contributed by atoms with Crippen molar-refractivity contribution in [2.75, 3.05) is 0 Å². The highest BCUT2D eigenvalue weighted by Gasteiger charge is 2.37. The molecule has 8 heteroatoms. The van der Waals surface area contributed by atoms with Gasteiger partial charge in [-0.3, -0.25) is 15.2 Å².